The molecule has 110 valence electrons. The molecule has 0 aliphatic carbocycles. The third-order valence-corrected chi connectivity index (χ3v) is 2.74. The molecule has 0 saturated heterocycles. The number of aromatic nitrogens is 1. The average Bonchev–Trinajstić information content (AvgIpc) is 2.38. The van der Waals surface area contributed by atoms with Gasteiger partial charge in [-0.2, -0.15) is 13.2 Å². The van der Waals surface area contributed by atoms with E-state index in [9.17, 15) is 27.2 Å². The van der Waals surface area contributed by atoms with Crippen molar-refractivity contribution >= 4 is 5.97 Å². The SMILES string of the molecule is O=C(O)c1c[nH]c(=O)c(-c2cccc(C(F)(F)F)c2F)c1. The van der Waals surface area contributed by atoms with Crippen LogP contribution in [0.2, 0.25) is 0 Å². The van der Waals surface area contributed by atoms with E-state index in [4.69, 9.17) is 5.11 Å². The third-order valence-electron chi connectivity index (χ3n) is 2.74. The number of halogens is 4. The molecule has 1 heterocycles. The highest BCUT2D eigenvalue weighted by atomic mass is 19.4. The molecule has 0 atom stereocenters. The Labute approximate surface area is 114 Å². The number of nitrogens with one attached hydrogen (secondary N) is 1. The molecule has 2 aromatic rings. The van der Waals surface area contributed by atoms with Crippen molar-refractivity contribution in [2.24, 2.45) is 0 Å². The number of alkyl halides is 3. The number of benzene rings is 1. The predicted molar refractivity (Wildman–Crippen MR) is 64.4 cm³/mol. The summed E-state index contributed by atoms with van der Waals surface area (Å²) >= 11 is 0. The second kappa shape index (κ2) is 5.04. The van der Waals surface area contributed by atoms with Gasteiger partial charge in [-0.15, -0.1) is 0 Å². The number of hydrogen-bond acceptors (Lipinski definition) is 2. The van der Waals surface area contributed by atoms with Crippen molar-refractivity contribution in [1.29, 1.82) is 0 Å². The summed E-state index contributed by atoms with van der Waals surface area (Å²) in [4.78, 5) is 24.5. The van der Waals surface area contributed by atoms with Crippen LogP contribution in [-0.2, 0) is 6.18 Å². The number of carboxylic acids is 1. The van der Waals surface area contributed by atoms with Gasteiger partial charge in [0.2, 0.25) is 0 Å². The maximum atomic E-state index is 13.9. The summed E-state index contributed by atoms with van der Waals surface area (Å²) in [5.74, 6) is -3.03. The first-order chi connectivity index (χ1) is 9.71. The van der Waals surface area contributed by atoms with Crippen LogP contribution in [0.1, 0.15) is 15.9 Å². The first-order valence-electron chi connectivity index (χ1n) is 5.54. The molecule has 0 aliphatic heterocycles. The lowest BCUT2D eigenvalue weighted by molar-refractivity contribution is -0.139. The van der Waals surface area contributed by atoms with Gasteiger partial charge in [-0.1, -0.05) is 12.1 Å². The van der Waals surface area contributed by atoms with E-state index >= 15 is 0 Å². The number of carboxylic acid groups (broad SMARTS) is 1. The van der Waals surface area contributed by atoms with Crippen LogP contribution in [0.5, 0.6) is 0 Å². The van der Waals surface area contributed by atoms with Crippen LogP contribution in [-0.4, -0.2) is 16.1 Å². The van der Waals surface area contributed by atoms with Gasteiger partial charge in [0, 0.05) is 11.8 Å². The predicted octanol–water partition coefficient (Wildman–Crippen LogP) is 2.90. The molecule has 0 saturated carbocycles. The van der Waals surface area contributed by atoms with Gasteiger partial charge in [-0.25, -0.2) is 9.18 Å². The maximum Gasteiger partial charge on any atom is 0.419 e. The molecule has 21 heavy (non-hydrogen) atoms. The van der Waals surface area contributed by atoms with Gasteiger partial charge in [0.1, 0.15) is 5.82 Å². The first kappa shape index (κ1) is 14.8. The van der Waals surface area contributed by atoms with Gasteiger partial charge in [0.25, 0.3) is 5.56 Å². The van der Waals surface area contributed by atoms with E-state index in [2.05, 4.69) is 0 Å². The topological polar surface area (TPSA) is 70.2 Å². The summed E-state index contributed by atoms with van der Waals surface area (Å²) in [6.07, 6.45) is -4.04. The molecule has 0 bridgehead atoms. The Morgan fingerprint density at radius 2 is 1.86 bits per heavy atom. The third kappa shape index (κ3) is 2.78. The van der Waals surface area contributed by atoms with E-state index < -0.39 is 40.2 Å². The zero-order chi connectivity index (χ0) is 15.8. The van der Waals surface area contributed by atoms with Gasteiger partial charge in [0.05, 0.1) is 16.7 Å². The molecule has 2 N–H and O–H groups in total. The summed E-state index contributed by atoms with van der Waals surface area (Å²) in [6, 6.07) is 3.27. The van der Waals surface area contributed by atoms with Crippen molar-refractivity contribution in [3.05, 3.63) is 57.8 Å². The normalized spacial score (nSPS) is 11.4. The number of pyridine rings is 1. The largest absolute Gasteiger partial charge is 0.478 e. The Hall–Kier alpha value is -2.64. The number of carbonyl (C=O) groups is 1. The molecule has 2 rings (SSSR count). The minimum atomic E-state index is -4.92. The number of rotatable bonds is 2. The second-order valence-electron chi connectivity index (χ2n) is 4.10. The van der Waals surface area contributed by atoms with Crippen molar-refractivity contribution in [3.63, 3.8) is 0 Å². The number of aromatic carboxylic acids is 1. The lowest BCUT2D eigenvalue weighted by atomic mass is 10.0. The minimum Gasteiger partial charge on any atom is -0.478 e. The van der Waals surface area contributed by atoms with E-state index in [1.807, 2.05) is 4.98 Å². The number of aromatic amines is 1. The monoisotopic (exact) mass is 301 g/mol. The standard InChI is InChI=1S/C13H7F4NO3/c14-10-7(2-1-3-9(10)13(15,16)17)8-4-6(12(20)21)5-18-11(8)19/h1-5H,(H,18,19)(H,20,21). The summed E-state index contributed by atoms with van der Waals surface area (Å²) in [5, 5.41) is 8.80. The maximum absolute atomic E-state index is 13.9. The van der Waals surface area contributed by atoms with Crippen molar-refractivity contribution < 1.29 is 27.5 Å². The Morgan fingerprint density at radius 1 is 1.19 bits per heavy atom. The summed E-state index contributed by atoms with van der Waals surface area (Å²) in [5.41, 5.74) is -3.90. The molecule has 0 fully saturated rings. The molecule has 0 amide bonds. The van der Waals surface area contributed by atoms with Crippen molar-refractivity contribution in [2.45, 2.75) is 6.18 Å². The van der Waals surface area contributed by atoms with E-state index in [0.717, 1.165) is 24.4 Å². The highest BCUT2D eigenvalue weighted by Crippen LogP contribution is 2.34. The van der Waals surface area contributed by atoms with Crippen LogP contribution in [0.3, 0.4) is 0 Å². The lowest BCUT2D eigenvalue weighted by Gasteiger charge is -2.11. The first-order valence-corrected chi connectivity index (χ1v) is 5.54. The lowest BCUT2D eigenvalue weighted by Crippen LogP contribution is -2.14. The van der Waals surface area contributed by atoms with E-state index in [0.29, 0.717) is 6.07 Å². The summed E-state index contributed by atoms with van der Waals surface area (Å²) in [7, 11) is 0. The Balaban J connectivity index is 2.71. The molecule has 0 spiro atoms. The molecule has 0 unspecified atom stereocenters. The zero-order valence-corrected chi connectivity index (χ0v) is 10.2. The van der Waals surface area contributed by atoms with Gasteiger partial charge < -0.3 is 10.1 Å². The van der Waals surface area contributed by atoms with Crippen LogP contribution >= 0.6 is 0 Å². The van der Waals surface area contributed by atoms with Crippen molar-refractivity contribution in [2.75, 3.05) is 0 Å². The van der Waals surface area contributed by atoms with Crippen molar-refractivity contribution in [3.8, 4) is 11.1 Å². The molecule has 8 heteroatoms. The van der Waals surface area contributed by atoms with Gasteiger partial charge in [-0.05, 0) is 12.1 Å². The van der Waals surface area contributed by atoms with Crippen LogP contribution in [0.15, 0.2) is 35.3 Å². The van der Waals surface area contributed by atoms with Gasteiger partial charge >= 0.3 is 12.1 Å². The Morgan fingerprint density at radius 3 is 2.43 bits per heavy atom. The molecule has 0 radical (unpaired) electrons. The Kier molecular flexibility index (Phi) is 3.54. The quantitative estimate of drug-likeness (QED) is 0.838. The highest BCUT2D eigenvalue weighted by Gasteiger charge is 2.35. The molecular weight excluding hydrogens is 294 g/mol. The fourth-order valence-electron chi connectivity index (χ4n) is 1.77. The Bertz CT molecular complexity index is 765. The van der Waals surface area contributed by atoms with Crippen molar-refractivity contribution in [1.82, 2.24) is 4.98 Å². The number of H-pyrrole nitrogens is 1. The van der Waals surface area contributed by atoms with Gasteiger partial charge in [-0.3, -0.25) is 4.79 Å². The summed E-state index contributed by atoms with van der Waals surface area (Å²) < 4.78 is 51.8. The van der Waals surface area contributed by atoms with E-state index in [-0.39, 0.29) is 5.56 Å². The van der Waals surface area contributed by atoms with E-state index in [1.165, 1.54) is 0 Å². The fraction of sp³-hybridized carbons (Fsp3) is 0.0769. The minimum absolute atomic E-state index is 0.374. The molecule has 4 nitrogen and oxygen atoms in total. The van der Waals surface area contributed by atoms with Crippen LogP contribution in [0, 0.1) is 5.82 Å². The fourth-order valence-corrected chi connectivity index (χ4v) is 1.77. The summed E-state index contributed by atoms with van der Waals surface area (Å²) in [6.45, 7) is 0. The smallest absolute Gasteiger partial charge is 0.419 e. The number of hydrogen-bond donors (Lipinski definition) is 2. The molecular formula is C13H7F4NO3. The second-order valence-corrected chi connectivity index (χ2v) is 4.10. The van der Waals surface area contributed by atoms with E-state index in [1.54, 1.807) is 0 Å². The van der Waals surface area contributed by atoms with Crippen LogP contribution < -0.4 is 5.56 Å². The average molecular weight is 301 g/mol. The highest BCUT2D eigenvalue weighted by molar-refractivity contribution is 5.88. The van der Waals surface area contributed by atoms with Crippen LogP contribution in [0.4, 0.5) is 17.6 Å². The van der Waals surface area contributed by atoms with Crippen LogP contribution in [0.25, 0.3) is 11.1 Å². The zero-order valence-electron chi connectivity index (χ0n) is 10.2. The molecule has 1 aromatic heterocycles. The molecule has 0 aliphatic rings. The molecule has 1 aromatic carbocycles. The van der Waals surface area contributed by atoms with Gasteiger partial charge in [0.15, 0.2) is 0 Å².